The van der Waals surface area contributed by atoms with Gasteiger partial charge in [-0.3, -0.25) is 9.89 Å². The minimum atomic E-state index is -0.628. The van der Waals surface area contributed by atoms with Gasteiger partial charge in [0.15, 0.2) is 16.6 Å². The lowest BCUT2D eigenvalue weighted by Gasteiger charge is -1.96. The number of nitrogens with zero attached hydrogens (tertiary/aromatic N) is 2. The highest BCUT2D eigenvalue weighted by atomic mass is 32.1. The number of Topliss-reactive ketones (excluding diaryl/α,β-unsaturated/α-hetero) is 1. The summed E-state index contributed by atoms with van der Waals surface area (Å²) in [5.74, 6) is -0.857. The van der Waals surface area contributed by atoms with E-state index >= 15 is 0 Å². The molecule has 0 unspecified atom stereocenters. The summed E-state index contributed by atoms with van der Waals surface area (Å²) in [5, 5.41) is 9.76. The third-order valence-electron chi connectivity index (χ3n) is 2.08. The third kappa shape index (κ3) is 2.38. The molecule has 94 valence electrons. The number of methoxy groups -OCH3 is 1. The second kappa shape index (κ2) is 4.96. The highest BCUT2D eigenvalue weighted by molar-refractivity contribution is 7.17. The van der Waals surface area contributed by atoms with E-state index in [0.29, 0.717) is 10.8 Å². The molecular weight excluding hydrogens is 256 g/mol. The maximum atomic E-state index is 11.5. The lowest BCUT2D eigenvalue weighted by Crippen LogP contribution is -2.07. The Labute approximate surface area is 106 Å². The molecule has 18 heavy (non-hydrogen) atoms. The Bertz CT molecular complexity index is 576. The minimum Gasteiger partial charge on any atom is -0.464 e. The number of aromatic amines is 1. The summed E-state index contributed by atoms with van der Waals surface area (Å²) in [4.78, 5) is 27.2. The van der Waals surface area contributed by atoms with Gasteiger partial charge in [0.1, 0.15) is 4.88 Å². The predicted octanol–water partition coefficient (Wildman–Crippen LogP) is 1.60. The molecule has 0 spiro atoms. The maximum absolute atomic E-state index is 11.5. The number of carbonyl (C=O) groups excluding carboxylic acids is 2. The molecule has 0 fully saturated rings. The van der Waals surface area contributed by atoms with E-state index in [0.717, 1.165) is 11.3 Å². The number of anilines is 2. The van der Waals surface area contributed by atoms with Crippen LogP contribution in [0.3, 0.4) is 0 Å². The van der Waals surface area contributed by atoms with Gasteiger partial charge in [-0.1, -0.05) is 11.3 Å². The van der Waals surface area contributed by atoms with E-state index in [-0.39, 0.29) is 16.4 Å². The number of carbonyl (C=O) groups is 2. The van der Waals surface area contributed by atoms with Crippen molar-refractivity contribution in [3.8, 4) is 0 Å². The largest absolute Gasteiger partial charge is 0.464 e. The smallest absolute Gasteiger partial charge is 0.358 e. The number of esters is 1. The third-order valence-corrected chi connectivity index (χ3v) is 3.15. The van der Waals surface area contributed by atoms with Crippen LogP contribution in [0.25, 0.3) is 0 Å². The predicted molar refractivity (Wildman–Crippen MR) is 65.3 cm³/mol. The van der Waals surface area contributed by atoms with E-state index < -0.39 is 5.97 Å². The normalized spacial score (nSPS) is 10.1. The van der Waals surface area contributed by atoms with Crippen molar-refractivity contribution in [2.45, 2.75) is 6.92 Å². The molecule has 0 atom stereocenters. The number of nitrogens with one attached hydrogen (secondary N) is 2. The first-order valence-corrected chi connectivity index (χ1v) is 5.79. The minimum absolute atomic E-state index is 0.0287. The molecule has 2 heterocycles. The van der Waals surface area contributed by atoms with Gasteiger partial charge in [-0.25, -0.2) is 9.78 Å². The van der Waals surface area contributed by atoms with Gasteiger partial charge in [-0.2, -0.15) is 5.10 Å². The Kier molecular flexibility index (Phi) is 3.38. The van der Waals surface area contributed by atoms with Crippen LogP contribution in [0.1, 0.15) is 27.1 Å². The number of aromatic nitrogens is 3. The summed E-state index contributed by atoms with van der Waals surface area (Å²) in [6.45, 7) is 1.38. The molecule has 0 saturated heterocycles. The van der Waals surface area contributed by atoms with Gasteiger partial charge in [0.05, 0.1) is 19.0 Å². The Morgan fingerprint density at radius 3 is 2.83 bits per heavy atom. The van der Waals surface area contributed by atoms with Crippen LogP contribution in [0.15, 0.2) is 12.4 Å². The summed E-state index contributed by atoms with van der Waals surface area (Å²) in [6.07, 6.45) is 3.19. The Morgan fingerprint density at radius 1 is 1.50 bits per heavy atom. The molecule has 2 N–H and O–H groups in total. The van der Waals surface area contributed by atoms with Crippen molar-refractivity contribution < 1.29 is 14.3 Å². The number of hydrogen-bond acceptors (Lipinski definition) is 7. The molecule has 7 nitrogen and oxygen atoms in total. The fraction of sp³-hybridized carbons (Fsp3) is 0.200. The molecule has 0 aromatic carbocycles. The van der Waals surface area contributed by atoms with Crippen LogP contribution in [0.2, 0.25) is 0 Å². The average molecular weight is 266 g/mol. The quantitative estimate of drug-likeness (QED) is 0.644. The van der Waals surface area contributed by atoms with Crippen LogP contribution in [0.5, 0.6) is 0 Å². The first-order valence-electron chi connectivity index (χ1n) is 4.97. The summed E-state index contributed by atoms with van der Waals surface area (Å²) in [6, 6.07) is 0. The number of ether oxygens (including phenoxy) is 1. The number of ketones is 1. The molecule has 8 heteroatoms. The van der Waals surface area contributed by atoms with Gasteiger partial charge >= 0.3 is 5.97 Å². The average Bonchev–Trinajstić information content (AvgIpc) is 2.97. The van der Waals surface area contributed by atoms with Crippen molar-refractivity contribution in [3.05, 3.63) is 23.0 Å². The monoisotopic (exact) mass is 266 g/mol. The van der Waals surface area contributed by atoms with Gasteiger partial charge in [-0.15, -0.1) is 0 Å². The lowest BCUT2D eigenvalue weighted by atomic mass is 10.3. The number of H-pyrrole nitrogens is 1. The zero-order chi connectivity index (χ0) is 13.1. The van der Waals surface area contributed by atoms with E-state index in [1.54, 1.807) is 12.4 Å². The van der Waals surface area contributed by atoms with Crippen LogP contribution in [0, 0.1) is 0 Å². The van der Waals surface area contributed by atoms with Crippen molar-refractivity contribution >= 4 is 33.9 Å². The highest BCUT2D eigenvalue weighted by Crippen LogP contribution is 2.26. The van der Waals surface area contributed by atoms with Gasteiger partial charge in [-0.05, 0) is 0 Å². The Hall–Kier alpha value is -2.22. The second-order valence-electron chi connectivity index (χ2n) is 3.36. The van der Waals surface area contributed by atoms with E-state index in [2.05, 4.69) is 25.2 Å². The molecule has 0 aliphatic heterocycles. The van der Waals surface area contributed by atoms with Crippen LogP contribution in [-0.4, -0.2) is 34.0 Å². The van der Waals surface area contributed by atoms with Crippen LogP contribution < -0.4 is 5.32 Å². The molecular formula is C10H10N4O3S. The number of rotatable bonds is 4. The molecule has 0 radical (unpaired) electrons. The second-order valence-corrected chi connectivity index (χ2v) is 4.36. The van der Waals surface area contributed by atoms with Crippen molar-refractivity contribution in [1.82, 2.24) is 15.2 Å². The van der Waals surface area contributed by atoms with Gasteiger partial charge in [0.2, 0.25) is 0 Å². The maximum Gasteiger partial charge on any atom is 0.358 e. The molecule has 0 bridgehead atoms. The van der Waals surface area contributed by atoms with Gasteiger partial charge in [0.25, 0.3) is 0 Å². The molecule has 2 rings (SSSR count). The standard InChI is InChI=1S/C10H10N4O3S/c1-5(15)8-7(9(16)17-2)14-10(18-8)13-6-3-11-12-4-6/h3-4H,1-2H3,(H,11,12)(H,13,14). The zero-order valence-electron chi connectivity index (χ0n) is 9.68. The molecule has 0 saturated carbocycles. The number of thiazole rings is 1. The first-order chi connectivity index (χ1) is 8.61. The molecule has 0 aliphatic rings. The fourth-order valence-corrected chi connectivity index (χ4v) is 2.16. The van der Waals surface area contributed by atoms with E-state index in [9.17, 15) is 9.59 Å². The Morgan fingerprint density at radius 2 is 2.28 bits per heavy atom. The molecule has 2 aromatic heterocycles. The van der Waals surface area contributed by atoms with Crippen LogP contribution >= 0.6 is 11.3 Å². The summed E-state index contributed by atoms with van der Waals surface area (Å²) in [7, 11) is 1.24. The van der Waals surface area contributed by atoms with Gasteiger partial charge < -0.3 is 10.1 Å². The first kappa shape index (κ1) is 12.2. The van der Waals surface area contributed by atoms with Crippen molar-refractivity contribution in [2.75, 3.05) is 12.4 Å². The molecule has 0 aliphatic carbocycles. The lowest BCUT2D eigenvalue weighted by molar-refractivity contribution is 0.0591. The van der Waals surface area contributed by atoms with Crippen LogP contribution in [0.4, 0.5) is 10.8 Å². The molecule has 2 aromatic rings. The van der Waals surface area contributed by atoms with Crippen LogP contribution in [-0.2, 0) is 4.74 Å². The SMILES string of the molecule is COC(=O)c1nc(Nc2cn[nH]c2)sc1C(C)=O. The number of hydrogen-bond donors (Lipinski definition) is 2. The van der Waals surface area contributed by atoms with Crippen molar-refractivity contribution in [3.63, 3.8) is 0 Å². The summed E-state index contributed by atoms with van der Waals surface area (Å²) >= 11 is 1.10. The van der Waals surface area contributed by atoms with Gasteiger partial charge in [0, 0.05) is 13.1 Å². The Balaban J connectivity index is 2.33. The van der Waals surface area contributed by atoms with Crippen molar-refractivity contribution in [1.29, 1.82) is 0 Å². The fourth-order valence-electron chi connectivity index (χ4n) is 1.29. The van der Waals surface area contributed by atoms with Crippen molar-refractivity contribution in [2.24, 2.45) is 0 Å². The van der Waals surface area contributed by atoms with E-state index in [1.165, 1.54) is 14.0 Å². The highest BCUT2D eigenvalue weighted by Gasteiger charge is 2.21. The summed E-state index contributed by atoms with van der Waals surface area (Å²) in [5.41, 5.74) is 0.719. The van der Waals surface area contributed by atoms with E-state index in [4.69, 9.17) is 0 Å². The summed E-state index contributed by atoms with van der Waals surface area (Å²) < 4.78 is 4.58. The van der Waals surface area contributed by atoms with E-state index in [1.807, 2.05) is 0 Å². The topological polar surface area (TPSA) is 97.0 Å². The zero-order valence-corrected chi connectivity index (χ0v) is 10.5. The molecule has 0 amide bonds.